The molecule has 130 valence electrons. The summed E-state index contributed by atoms with van der Waals surface area (Å²) >= 11 is 0. The lowest BCUT2D eigenvalue weighted by Crippen LogP contribution is -2.61. The molecule has 2 rings (SSSR count). The second-order valence-electron chi connectivity index (χ2n) is 5.40. The Labute approximate surface area is 139 Å². The molecule has 7 nitrogen and oxygen atoms in total. The van der Waals surface area contributed by atoms with Crippen molar-refractivity contribution in [3.8, 4) is 5.75 Å². The van der Waals surface area contributed by atoms with Gasteiger partial charge in [-0.25, -0.2) is 4.39 Å². The molecule has 1 atom stereocenters. The van der Waals surface area contributed by atoms with Gasteiger partial charge >= 0.3 is 0 Å². The molecule has 0 spiro atoms. The Morgan fingerprint density at radius 1 is 1.29 bits per heavy atom. The number of ether oxygens (including phenoxy) is 1. The third kappa shape index (κ3) is 4.01. The van der Waals surface area contributed by atoms with Crippen LogP contribution in [-0.4, -0.2) is 66.9 Å². The topological polar surface area (TPSA) is 79.0 Å². The molecule has 1 aromatic rings. The first-order valence-corrected chi connectivity index (χ1v) is 7.58. The number of hydrogen-bond donors (Lipinski definition) is 1. The fourth-order valence-electron chi connectivity index (χ4n) is 2.57. The molecule has 8 heteroatoms. The number of benzene rings is 1. The Bertz CT molecular complexity index is 638. The van der Waals surface area contributed by atoms with Crippen molar-refractivity contribution in [2.75, 3.05) is 33.3 Å². The van der Waals surface area contributed by atoms with E-state index in [1.54, 1.807) is 6.07 Å². The summed E-state index contributed by atoms with van der Waals surface area (Å²) in [7, 11) is 1.47. The van der Waals surface area contributed by atoms with Gasteiger partial charge in [-0.05, 0) is 12.1 Å². The second-order valence-corrected chi connectivity index (χ2v) is 5.40. The summed E-state index contributed by atoms with van der Waals surface area (Å²) in [5, 5.41) is 2.49. The van der Waals surface area contributed by atoms with Crippen LogP contribution in [0.25, 0.3) is 0 Å². The van der Waals surface area contributed by atoms with E-state index in [1.807, 2.05) is 0 Å². The fourth-order valence-corrected chi connectivity index (χ4v) is 2.57. The number of halogens is 1. The first-order chi connectivity index (χ1) is 11.4. The van der Waals surface area contributed by atoms with Crippen LogP contribution in [0.5, 0.6) is 5.75 Å². The molecule has 1 aliphatic heterocycles. The van der Waals surface area contributed by atoms with E-state index in [2.05, 4.69) is 5.32 Å². The number of nitrogens with one attached hydrogen (secondary N) is 1. The van der Waals surface area contributed by atoms with Crippen molar-refractivity contribution in [1.29, 1.82) is 0 Å². The molecular weight excluding hydrogens is 317 g/mol. The van der Waals surface area contributed by atoms with Gasteiger partial charge in [0.1, 0.15) is 6.04 Å². The minimum Gasteiger partial charge on any atom is -0.481 e. The van der Waals surface area contributed by atoms with Gasteiger partial charge in [0.05, 0.1) is 6.54 Å². The molecule has 3 amide bonds. The Balaban J connectivity index is 1.99. The van der Waals surface area contributed by atoms with Crippen LogP contribution in [0.1, 0.15) is 6.92 Å². The van der Waals surface area contributed by atoms with Gasteiger partial charge in [0.15, 0.2) is 18.2 Å². The normalized spacial score (nSPS) is 17.4. The van der Waals surface area contributed by atoms with Gasteiger partial charge < -0.3 is 19.9 Å². The molecule has 0 aromatic heterocycles. The first-order valence-electron chi connectivity index (χ1n) is 7.58. The molecule has 1 aromatic carbocycles. The lowest BCUT2D eigenvalue weighted by atomic mass is 10.1. The number of rotatable bonds is 4. The van der Waals surface area contributed by atoms with Gasteiger partial charge in [0, 0.05) is 27.1 Å². The van der Waals surface area contributed by atoms with Gasteiger partial charge in [-0.2, -0.15) is 0 Å². The summed E-state index contributed by atoms with van der Waals surface area (Å²) < 4.78 is 18.7. The Morgan fingerprint density at radius 2 is 2.00 bits per heavy atom. The lowest BCUT2D eigenvalue weighted by molar-refractivity contribution is -0.147. The minimum atomic E-state index is -0.737. The lowest BCUT2D eigenvalue weighted by Gasteiger charge is -2.39. The van der Waals surface area contributed by atoms with Crippen molar-refractivity contribution in [3.63, 3.8) is 0 Å². The number of nitrogens with zero attached hydrogens (tertiary/aromatic N) is 2. The molecule has 0 aliphatic carbocycles. The number of hydrogen-bond acceptors (Lipinski definition) is 4. The van der Waals surface area contributed by atoms with Gasteiger partial charge in [0.2, 0.25) is 11.8 Å². The van der Waals surface area contributed by atoms with E-state index in [0.717, 1.165) is 0 Å². The summed E-state index contributed by atoms with van der Waals surface area (Å²) in [6.45, 7) is 1.69. The molecule has 1 heterocycles. The molecule has 0 bridgehead atoms. The fraction of sp³-hybridized carbons (Fsp3) is 0.438. The summed E-state index contributed by atoms with van der Waals surface area (Å²) in [4.78, 5) is 38.7. The third-order valence-electron chi connectivity index (χ3n) is 3.87. The van der Waals surface area contributed by atoms with Crippen molar-refractivity contribution in [1.82, 2.24) is 15.1 Å². The molecule has 1 aliphatic rings. The predicted molar refractivity (Wildman–Crippen MR) is 83.7 cm³/mol. The standard InChI is InChI=1S/C16H20FN3O4/c1-11(21)20-8-7-19(9-13(20)16(23)18-2)15(22)10-24-14-6-4-3-5-12(14)17/h3-6,13H,7-10H2,1-2H3,(H,18,23)/t13-/m0/s1. The number of amides is 3. The van der Waals surface area contributed by atoms with E-state index >= 15 is 0 Å². The number of para-hydroxylation sites is 1. The highest BCUT2D eigenvalue weighted by Gasteiger charge is 2.35. The van der Waals surface area contributed by atoms with Crippen LogP contribution in [0.4, 0.5) is 4.39 Å². The quantitative estimate of drug-likeness (QED) is 0.839. The van der Waals surface area contributed by atoms with E-state index in [0.29, 0.717) is 6.54 Å². The molecule has 0 saturated carbocycles. The third-order valence-corrected chi connectivity index (χ3v) is 3.87. The van der Waals surface area contributed by atoms with Crippen molar-refractivity contribution in [2.24, 2.45) is 0 Å². The minimum absolute atomic E-state index is 0.00364. The number of carbonyl (C=O) groups excluding carboxylic acids is 3. The van der Waals surface area contributed by atoms with Crippen LogP contribution < -0.4 is 10.1 Å². The zero-order valence-corrected chi connectivity index (χ0v) is 13.6. The maximum absolute atomic E-state index is 13.5. The molecule has 1 N–H and O–H groups in total. The smallest absolute Gasteiger partial charge is 0.260 e. The van der Waals surface area contributed by atoms with Crippen LogP contribution in [0.2, 0.25) is 0 Å². The zero-order valence-electron chi connectivity index (χ0n) is 13.6. The van der Waals surface area contributed by atoms with Gasteiger partial charge in [-0.15, -0.1) is 0 Å². The number of likely N-dealkylation sites (N-methyl/N-ethyl adjacent to an activating group) is 1. The van der Waals surface area contributed by atoms with Crippen LogP contribution in [0.3, 0.4) is 0 Å². The zero-order chi connectivity index (χ0) is 17.7. The largest absolute Gasteiger partial charge is 0.481 e. The van der Waals surface area contributed by atoms with Gasteiger partial charge in [-0.3, -0.25) is 14.4 Å². The second kappa shape index (κ2) is 7.76. The van der Waals surface area contributed by atoms with Crippen molar-refractivity contribution < 1.29 is 23.5 Å². The predicted octanol–water partition coefficient (Wildman–Crippen LogP) is 0.00980. The van der Waals surface area contributed by atoms with Crippen LogP contribution >= 0.6 is 0 Å². The molecule has 1 saturated heterocycles. The highest BCUT2D eigenvalue weighted by Crippen LogP contribution is 2.16. The summed E-state index contributed by atoms with van der Waals surface area (Å²) in [6.07, 6.45) is 0. The SMILES string of the molecule is CNC(=O)[C@@H]1CN(C(=O)COc2ccccc2F)CCN1C(C)=O. The summed E-state index contributed by atoms with van der Waals surface area (Å²) in [6, 6.07) is 5.07. The van der Waals surface area contributed by atoms with Crippen molar-refractivity contribution in [2.45, 2.75) is 13.0 Å². The Kier molecular flexibility index (Phi) is 5.73. The maximum atomic E-state index is 13.5. The van der Waals surface area contributed by atoms with Crippen molar-refractivity contribution >= 4 is 17.7 Å². The van der Waals surface area contributed by atoms with Crippen LogP contribution in [0.15, 0.2) is 24.3 Å². The van der Waals surface area contributed by atoms with Crippen LogP contribution in [0, 0.1) is 5.82 Å². The average molecular weight is 337 g/mol. The molecule has 0 radical (unpaired) electrons. The maximum Gasteiger partial charge on any atom is 0.260 e. The Hall–Kier alpha value is -2.64. The van der Waals surface area contributed by atoms with E-state index in [9.17, 15) is 18.8 Å². The first kappa shape index (κ1) is 17.7. The monoisotopic (exact) mass is 337 g/mol. The van der Waals surface area contributed by atoms with E-state index in [4.69, 9.17) is 4.74 Å². The van der Waals surface area contributed by atoms with Crippen molar-refractivity contribution in [3.05, 3.63) is 30.1 Å². The van der Waals surface area contributed by atoms with Gasteiger partial charge in [0.25, 0.3) is 5.91 Å². The number of carbonyl (C=O) groups is 3. The highest BCUT2D eigenvalue weighted by atomic mass is 19.1. The van der Waals surface area contributed by atoms with Crippen LogP contribution in [-0.2, 0) is 14.4 Å². The van der Waals surface area contributed by atoms with E-state index < -0.39 is 11.9 Å². The molecule has 24 heavy (non-hydrogen) atoms. The summed E-state index contributed by atoms with van der Waals surface area (Å²) in [5.74, 6) is -1.47. The Morgan fingerprint density at radius 3 is 2.62 bits per heavy atom. The molecule has 1 fully saturated rings. The molecule has 0 unspecified atom stereocenters. The van der Waals surface area contributed by atoms with Gasteiger partial charge in [-0.1, -0.05) is 12.1 Å². The molecular formula is C16H20FN3O4. The van der Waals surface area contributed by atoms with E-state index in [-0.39, 0.29) is 43.2 Å². The highest BCUT2D eigenvalue weighted by molar-refractivity contribution is 5.88. The average Bonchev–Trinajstić information content (AvgIpc) is 2.59. The number of piperazine rings is 1. The summed E-state index contributed by atoms with van der Waals surface area (Å²) in [5.41, 5.74) is 0. The van der Waals surface area contributed by atoms with E-state index in [1.165, 1.54) is 42.0 Å².